The van der Waals surface area contributed by atoms with Crippen molar-refractivity contribution in [3.05, 3.63) is 39.9 Å². The summed E-state index contributed by atoms with van der Waals surface area (Å²) in [4.78, 5) is 26.2. The summed E-state index contributed by atoms with van der Waals surface area (Å²) in [6.07, 6.45) is 0.964. The van der Waals surface area contributed by atoms with Crippen molar-refractivity contribution >= 4 is 11.6 Å². The summed E-state index contributed by atoms with van der Waals surface area (Å²) < 4.78 is 0. The highest BCUT2D eigenvalue weighted by molar-refractivity contribution is 5.94. The Hall–Kier alpha value is -1.95. The number of hydrogen-bond acceptors (Lipinski definition) is 4. The molecule has 1 aromatic carbocycles. The number of nitrogens with zero attached hydrogens (tertiary/aromatic N) is 3. The molecule has 102 valence electrons. The Morgan fingerprint density at radius 3 is 2.47 bits per heavy atom. The maximum absolute atomic E-state index is 12.2. The van der Waals surface area contributed by atoms with Crippen molar-refractivity contribution in [2.24, 2.45) is 0 Å². The number of benzene rings is 1. The maximum Gasteiger partial charge on any atom is 0.269 e. The Morgan fingerprint density at radius 1 is 1.37 bits per heavy atom. The number of carbonyl (C=O) groups is 1. The van der Waals surface area contributed by atoms with Gasteiger partial charge in [-0.3, -0.25) is 14.9 Å². The summed E-state index contributed by atoms with van der Waals surface area (Å²) in [5.74, 6) is -0.0563. The molecule has 0 saturated carbocycles. The molecule has 0 N–H and O–H groups in total. The zero-order valence-electron chi connectivity index (χ0n) is 11.1. The van der Waals surface area contributed by atoms with Crippen LogP contribution in [0.1, 0.15) is 16.8 Å². The number of likely N-dealkylation sites (N-methyl/N-ethyl adjacent to an activating group) is 1. The van der Waals surface area contributed by atoms with Gasteiger partial charge < -0.3 is 9.80 Å². The molecule has 1 aromatic rings. The molecule has 1 aliphatic heterocycles. The number of amides is 1. The first kappa shape index (κ1) is 13.5. The van der Waals surface area contributed by atoms with E-state index in [1.807, 2.05) is 14.1 Å². The van der Waals surface area contributed by atoms with Crippen molar-refractivity contribution in [1.82, 2.24) is 9.80 Å². The van der Waals surface area contributed by atoms with Crippen LogP contribution in [-0.4, -0.2) is 53.9 Å². The minimum Gasteiger partial charge on any atom is -0.337 e. The number of non-ortho nitro benzene ring substituents is 1. The average Bonchev–Trinajstić information content (AvgIpc) is 2.87. The number of hydrogen-bond donors (Lipinski definition) is 0. The molecule has 19 heavy (non-hydrogen) atoms. The first-order valence-electron chi connectivity index (χ1n) is 6.19. The van der Waals surface area contributed by atoms with Crippen molar-refractivity contribution in [2.45, 2.75) is 12.5 Å². The molecule has 1 fully saturated rings. The van der Waals surface area contributed by atoms with Gasteiger partial charge in [-0.1, -0.05) is 0 Å². The number of nitro groups is 1. The predicted octanol–water partition coefficient (Wildman–Crippen LogP) is 1.37. The minimum atomic E-state index is -0.466. The van der Waals surface area contributed by atoms with Gasteiger partial charge in [-0.2, -0.15) is 0 Å². The molecule has 2 rings (SSSR count). The molecule has 6 heteroatoms. The molecule has 0 aromatic heterocycles. The normalized spacial score (nSPS) is 18.9. The highest BCUT2D eigenvalue weighted by Gasteiger charge is 2.28. The number of likely N-dealkylation sites (tertiary alicyclic amines) is 1. The van der Waals surface area contributed by atoms with E-state index in [0.29, 0.717) is 18.2 Å². The van der Waals surface area contributed by atoms with E-state index in [-0.39, 0.29) is 11.6 Å². The number of carbonyl (C=O) groups excluding carboxylic acids is 1. The lowest BCUT2D eigenvalue weighted by Crippen LogP contribution is -2.34. The summed E-state index contributed by atoms with van der Waals surface area (Å²) in [7, 11) is 4.01. The summed E-state index contributed by atoms with van der Waals surface area (Å²) >= 11 is 0. The SMILES string of the molecule is CN(C)C1CCN(C(=O)c2ccc([N+](=O)[O-])cc2)C1. The van der Waals surface area contributed by atoms with Gasteiger partial charge in [0.2, 0.25) is 0 Å². The Kier molecular flexibility index (Phi) is 3.80. The lowest BCUT2D eigenvalue weighted by atomic mass is 10.2. The molecular formula is C13H17N3O3. The van der Waals surface area contributed by atoms with Crippen molar-refractivity contribution < 1.29 is 9.72 Å². The van der Waals surface area contributed by atoms with Gasteiger partial charge in [-0.25, -0.2) is 0 Å². The van der Waals surface area contributed by atoms with Gasteiger partial charge >= 0.3 is 0 Å². The topological polar surface area (TPSA) is 66.7 Å². The molecule has 0 aliphatic carbocycles. The van der Waals surface area contributed by atoms with Crippen molar-refractivity contribution in [3.63, 3.8) is 0 Å². The number of nitro benzene ring substituents is 1. The van der Waals surface area contributed by atoms with Crippen molar-refractivity contribution in [2.75, 3.05) is 27.2 Å². The Balaban J connectivity index is 2.06. The molecule has 1 amide bonds. The third-order valence-electron chi connectivity index (χ3n) is 3.51. The Bertz CT molecular complexity index is 484. The van der Waals surface area contributed by atoms with E-state index in [1.54, 1.807) is 4.90 Å². The van der Waals surface area contributed by atoms with Gasteiger partial charge in [0.15, 0.2) is 0 Å². The zero-order chi connectivity index (χ0) is 14.0. The van der Waals surface area contributed by atoms with Crippen molar-refractivity contribution in [1.29, 1.82) is 0 Å². The molecule has 0 spiro atoms. The van der Waals surface area contributed by atoms with Crippen LogP contribution >= 0.6 is 0 Å². The van der Waals surface area contributed by atoms with E-state index in [4.69, 9.17) is 0 Å². The summed E-state index contributed by atoms with van der Waals surface area (Å²) in [6, 6.07) is 6.16. The van der Waals surface area contributed by atoms with Crippen LogP contribution in [0.25, 0.3) is 0 Å². The second kappa shape index (κ2) is 5.36. The second-order valence-electron chi connectivity index (χ2n) is 4.96. The molecule has 1 aliphatic rings. The fourth-order valence-electron chi connectivity index (χ4n) is 2.26. The van der Waals surface area contributed by atoms with Crippen LogP contribution in [0.15, 0.2) is 24.3 Å². The fourth-order valence-corrected chi connectivity index (χ4v) is 2.26. The van der Waals surface area contributed by atoms with Crippen LogP contribution in [0, 0.1) is 10.1 Å². The molecule has 0 bridgehead atoms. The van der Waals surface area contributed by atoms with E-state index in [1.165, 1.54) is 24.3 Å². The largest absolute Gasteiger partial charge is 0.337 e. The monoisotopic (exact) mass is 263 g/mol. The molecule has 1 heterocycles. The van der Waals surface area contributed by atoms with Crippen LogP contribution in [0.3, 0.4) is 0 Å². The third kappa shape index (κ3) is 2.90. The van der Waals surface area contributed by atoms with Crippen LogP contribution in [0.4, 0.5) is 5.69 Å². The maximum atomic E-state index is 12.2. The van der Waals surface area contributed by atoms with Gasteiger partial charge in [0.1, 0.15) is 0 Å². The molecule has 6 nitrogen and oxygen atoms in total. The van der Waals surface area contributed by atoms with E-state index in [2.05, 4.69) is 4.90 Å². The van der Waals surface area contributed by atoms with Gasteiger partial charge in [0, 0.05) is 36.8 Å². The van der Waals surface area contributed by atoms with E-state index in [0.717, 1.165) is 13.0 Å². The molecular weight excluding hydrogens is 246 g/mol. The Morgan fingerprint density at radius 2 is 2.00 bits per heavy atom. The molecule has 1 atom stereocenters. The van der Waals surface area contributed by atoms with Crippen LogP contribution in [0.5, 0.6) is 0 Å². The quantitative estimate of drug-likeness (QED) is 0.610. The highest BCUT2D eigenvalue weighted by Crippen LogP contribution is 2.18. The lowest BCUT2D eigenvalue weighted by Gasteiger charge is -2.20. The van der Waals surface area contributed by atoms with Gasteiger partial charge in [-0.15, -0.1) is 0 Å². The first-order chi connectivity index (χ1) is 8.99. The van der Waals surface area contributed by atoms with E-state index >= 15 is 0 Å². The van der Waals surface area contributed by atoms with Crippen molar-refractivity contribution in [3.8, 4) is 0 Å². The lowest BCUT2D eigenvalue weighted by molar-refractivity contribution is -0.384. The van der Waals surface area contributed by atoms with Crippen LogP contribution in [0.2, 0.25) is 0 Å². The van der Waals surface area contributed by atoms with Gasteiger partial charge in [-0.05, 0) is 32.6 Å². The fraction of sp³-hybridized carbons (Fsp3) is 0.462. The first-order valence-corrected chi connectivity index (χ1v) is 6.19. The third-order valence-corrected chi connectivity index (χ3v) is 3.51. The van der Waals surface area contributed by atoms with Crippen LogP contribution < -0.4 is 0 Å². The summed E-state index contributed by atoms with van der Waals surface area (Å²) in [5.41, 5.74) is 0.508. The van der Waals surface area contributed by atoms with Gasteiger partial charge in [0.05, 0.1) is 4.92 Å². The Labute approximate surface area is 111 Å². The van der Waals surface area contributed by atoms with Gasteiger partial charge in [0.25, 0.3) is 11.6 Å². The zero-order valence-corrected chi connectivity index (χ0v) is 11.1. The minimum absolute atomic E-state index is 0.00383. The predicted molar refractivity (Wildman–Crippen MR) is 71.1 cm³/mol. The van der Waals surface area contributed by atoms with E-state index in [9.17, 15) is 14.9 Å². The number of rotatable bonds is 3. The molecule has 1 saturated heterocycles. The smallest absolute Gasteiger partial charge is 0.269 e. The van der Waals surface area contributed by atoms with E-state index < -0.39 is 4.92 Å². The standard InChI is InChI=1S/C13H17N3O3/c1-14(2)12-7-8-15(9-12)13(17)10-3-5-11(6-4-10)16(18)19/h3-6,12H,7-9H2,1-2H3. The van der Waals surface area contributed by atoms with Crippen LogP contribution in [-0.2, 0) is 0 Å². The summed E-state index contributed by atoms with van der Waals surface area (Å²) in [5, 5.41) is 10.6. The average molecular weight is 263 g/mol. The molecule has 1 unspecified atom stereocenters. The highest BCUT2D eigenvalue weighted by atomic mass is 16.6. The summed E-state index contributed by atoms with van der Waals surface area (Å²) in [6.45, 7) is 1.45. The second-order valence-corrected chi connectivity index (χ2v) is 4.96. The molecule has 0 radical (unpaired) electrons.